The highest BCUT2D eigenvalue weighted by molar-refractivity contribution is 7.20. The normalized spacial score (nSPS) is 13.8. The number of nitrogens with zero attached hydrogens (tertiary/aromatic N) is 3. The van der Waals surface area contributed by atoms with Gasteiger partial charge in [0.25, 0.3) is 0 Å². The van der Waals surface area contributed by atoms with Crippen molar-refractivity contribution in [2.75, 3.05) is 0 Å². The van der Waals surface area contributed by atoms with Crippen molar-refractivity contribution in [3.8, 4) is 0 Å². The molecule has 4 aromatic rings. The topological polar surface area (TPSA) is 58.7 Å². The molecule has 1 aliphatic rings. The summed E-state index contributed by atoms with van der Waals surface area (Å²) in [6, 6.07) is 43.9. The van der Waals surface area contributed by atoms with Gasteiger partial charge in [-0.15, -0.1) is 0 Å². The van der Waals surface area contributed by atoms with E-state index in [0.717, 1.165) is 0 Å². The fourth-order valence-corrected chi connectivity index (χ4v) is 9.07. The van der Waals surface area contributed by atoms with E-state index in [1.165, 1.54) is 37.2 Å². The van der Waals surface area contributed by atoms with Crippen LogP contribution in [0, 0.1) is 0 Å². The molecule has 32 heavy (non-hydrogen) atoms. The van der Waals surface area contributed by atoms with Crippen molar-refractivity contribution in [3.05, 3.63) is 160 Å². The van der Waals surface area contributed by atoms with Gasteiger partial charge in [0.05, 0.1) is 0 Å². The number of benzene rings is 4. The summed E-state index contributed by atoms with van der Waals surface area (Å²) < 4.78 is 0. The Morgan fingerprint density at radius 3 is 1.31 bits per heavy atom. The first-order chi connectivity index (χ1) is 15.8. The molecule has 0 atom stereocenters. The van der Waals surface area contributed by atoms with Gasteiger partial charge in [-0.2, -0.15) is 0 Å². The van der Waals surface area contributed by atoms with E-state index in [1.807, 2.05) is 0 Å². The van der Waals surface area contributed by atoms with Gasteiger partial charge in [-0.1, -0.05) is 133 Å². The molecule has 0 bridgehead atoms. The third-order valence-corrected chi connectivity index (χ3v) is 10.3. The summed E-state index contributed by atoms with van der Waals surface area (Å²) in [4.78, 5) is 1.50. The Morgan fingerprint density at radius 1 is 0.500 bits per heavy atom. The predicted molar refractivity (Wildman–Crippen MR) is 137 cm³/mol. The molecule has 1 heterocycles. The van der Waals surface area contributed by atoms with E-state index in [2.05, 4.69) is 133 Å². The van der Waals surface area contributed by atoms with Crippen LogP contribution in [0.25, 0.3) is 26.7 Å². The number of allylic oxidation sites excluding steroid dienone is 2. The lowest BCUT2D eigenvalue weighted by Crippen LogP contribution is -2.57. The van der Waals surface area contributed by atoms with Gasteiger partial charge < -0.3 is 11.1 Å². The highest BCUT2D eigenvalue weighted by atomic mass is 28.3. The molecule has 0 aliphatic carbocycles. The van der Waals surface area contributed by atoms with Crippen LogP contribution in [-0.4, -0.2) is 8.07 Å². The molecule has 0 spiro atoms. The van der Waals surface area contributed by atoms with Crippen LogP contribution in [0.3, 0.4) is 0 Å². The highest BCUT2D eigenvalue weighted by Crippen LogP contribution is 2.40. The maximum absolute atomic E-state index is 6.75. The third-order valence-electron chi connectivity index (χ3n) is 5.77. The summed E-state index contributed by atoms with van der Waals surface area (Å²) in [6.07, 6.45) is 2.36. The molecule has 154 valence electrons. The Bertz CT molecular complexity index is 1220. The minimum absolute atomic E-state index is 1.28. The molecule has 0 aromatic heterocycles. The summed E-state index contributed by atoms with van der Waals surface area (Å²) in [6.45, 7) is 0. The van der Waals surface area contributed by atoms with Crippen LogP contribution in [0.5, 0.6) is 0 Å². The van der Waals surface area contributed by atoms with Gasteiger partial charge >= 0.3 is 0 Å². The zero-order chi connectivity index (χ0) is 22.2. The zero-order valence-electron chi connectivity index (χ0n) is 17.5. The second-order valence-corrected chi connectivity index (χ2v) is 11.1. The second kappa shape index (κ2) is 9.80. The van der Waals surface area contributed by atoms with Gasteiger partial charge in [0.15, 0.2) is 8.07 Å². The summed E-state index contributed by atoms with van der Waals surface area (Å²) in [5.74, 6) is 0. The number of hydrogen-bond donors (Lipinski definition) is 0. The summed E-state index contributed by atoms with van der Waals surface area (Å²) in [5.41, 5.74) is 20.0. The first-order valence-corrected chi connectivity index (χ1v) is 12.5. The van der Waals surface area contributed by atoms with Crippen LogP contribution in [0.2, 0.25) is 0 Å². The SMILES string of the molecule is C1=C[Si](c2ccccc2)(c2ccccc2)C(c2ccccc2)=C1c1ccccc1.[N-]=[N+]=[N-]. The molecule has 5 rings (SSSR count). The first kappa shape index (κ1) is 21.1. The molecule has 0 unspecified atom stereocenters. The van der Waals surface area contributed by atoms with E-state index >= 15 is 0 Å². The van der Waals surface area contributed by atoms with Crippen LogP contribution in [-0.2, 0) is 0 Å². The van der Waals surface area contributed by atoms with E-state index < -0.39 is 8.07 Å². The Balaban J connectivity index is 0.000000775. The van der Waals surface area contributed by atoms with Crippen LogP contribution in [0.1, 0.15) is 11.1 Å². The third kappa shape index (κ3) is 3.93. The standard InChI is InChI=1S/C28H22Si.N3/c1-5-13-23(14-6-1)27-21-22-29(25-17-9-3-10-18-25,26-19-11-4-12-20-26)28(27)24-15-7-2-8-16-24;1-3-2/h1-22H;/q;-1. The maximum atomic E-state index is 6.75. The molecule has 0 N–H and O–H groups in total. The fraction of sp³-hybridized carbons (Fsp3) is 0. The van der Waals surface area contributed by atoms with Crippen molar-refractivity contribution in [1.82, 2.24) is 0 Å². The van der Waals surface area contributed by atoms with Crippen molar-refractivity contribution in [2.24, 2.45) is 0 Å². The monoisotopic (exact) mass is 428 g/mol. The van der Waals surface area contributed by atoms with Gasteiger partial charge in [-0.05, 0) is 32.3 Å². The van der Waals surface area contributed by atoms with Crippen LogP contribution >= 0.6 is 0 Å². The van der Waals surface area contributed by atoms with Gasteiger partial charge in [-0.3, -0.25) is 4.91 Å². The average molecular weight is 429 g/mol. The molecular formula is C28H22N3Si-. The van der Waals surface area contributed by atoms with Gasteiger partial charge in [0.1, 0.15) is 0 Å². The molecular weight excluding hydrogens is 406 g/mol. The number of hydrogen-bond acceptors (Lipinski definition) is 0. The Morgan fingerprint density at radius 2 is 0.875 bits per heavy atom. The lowest BCUT2D eigenvalue weighted by molar-refractivity contribution is 1.61. The van der Waals surface area contributed by atoms with Crippen molar-refractivity contribution in [1.29, 1.82) is 0 Å². The molecule has 0 saturated carbocycles. The molecule has 4 aromatic carbocycles. The quantitative estimate of drug-likeness (QED) is 0.157. The van der Waals surface area contributed by atoms with E-state index in [0.29, 0.717) is 0 Å². The molecule has 0 amide bonds. The Hall–Kier alpha value is -4.11. The lowest BCUT2D eigenvalue weighted by atomic mass is 10.0. The molecule has 1 aliphatic heterocycles. The van der Waals surface area contributed by atoms with Crippen LogP contribution in [0.4, 0.5) is 0 Å². The van der Waals surface area contributed by atoms with E-state index in [4.69, 9.17) is 11.1 Å². The second-order valence-electron chi connectivity index (χ2n) is 7.48. The smallest absolute Gasteiger partial charge is 0.173 e. The molecule has 0 saturated heterocycles. The Kier molecular flexibility index (Phi) is 6.47. The van der Waals surface area contributed by atoms with E-state index in [-0.39, 0.29) is 0 Å². The molecule has 3 nitrogen and oxygen atoms in total. The fourth-order valence-electron chi connectivity index (χ4n) is 4.48. The van der Waals surface area contributed by atoms with E-state index in [9.17, 15) is 0 Å². The van der Waals surface area contributed by atoms with Gasteiger partial charge in [0, 0.05) is 0 Å². The summed E-state index contributed by atoms with van der Waals surface area (Å²) in [5, 5.41) is 4.32. The van der Waals surface area contributed by atoms with Crippen molar-refractivity contribution < 1.29 is 0 Å². The zero-order valence-corrected chi connectivity index (χ0v) is 18.5. The van der Waals surface area contributed by atoms with Gasteiger partial charge in [0.2, 0.25) is 0 Å². The lowest BCUT2D eigenvalue weighted by Gasteiger charge is -2.31. The predicted octanol–water partition coefficient (Wildman–Crippen LogP) is 6.37. The van der Waals surface area contributed by atoms with Crippen molar-refractivity contribution in [3.63, 3.8) is 0 Å². The Labute approximate surface area is 189 Å². The highest BCUT2D eigenvalue weighted by Gasteiger charge is 2.43. The minimum atomic E-state index is -2.30. The van der Waals surface area contributed by atoms with Crippen molar-refractivity contribution >= 4 is 29.2 Å². The first-order valence-electron chi connectivity index (χ1n) is 10.5. The van der Waals surface area contributed by atoms with Crippen molar-refractivity contribution in [2.45, 2.75) is 0 Å². The average Bonchev–Trinajstić information content (AvgIpc) is 3.28. The maximum Gasteiger partial charge on any atom is 0.173 e. The summed E-state index contributed by atoms with van der Waals surface area (Å²) in [7, 11) is -2.30. The minimum Gasteiger partial charge on any atom is -0.373 e. The molecule has 4 heteroatoms. The number of rotatable bonds is 4. The van der Waals surface area contributed by atoms with Crippen LogP contribution < -0.4 is 10.4 Å². The van der Waals surface area contributed by atoms with E-state index in [1.54, 1.807) is 0 Å². The molecule has 0 fully saturated rings. The van der Waals surface area contributed by atoms with Gasteiger partial charge in [-0.25, -0.2) is 0 Å². The van der Waals surface area contributed by atoms with Crippen LogP contribution in [0.15, 0.2) is 133 Å². The summed E-state index contributed by atoms with van der Waals surface area (Å²) >= 11 is 0. The largest absolute Gasteiger partial charge is 0.373 e. The molecule has 0 radical (unpaired) electrons.